The highest BCUT2D eigenvalue weighted by atomic mass is 32.2. The predicted molar refractivity (Wildman–Crippen MR) is 122 cm³/mol. The van der Waals surface area contributed by atoms with Gasteiger partial charge in [-0.15, -0.1) is 0 Å². The second kappa shape index (κ2) is 9.33. The standard InChI is InChI=1S/C22H23NO4S2/c1-5-26-17-9-7-16(8-10-17)23-21(24)20(29-22(23)28)13-15-6-11-18(27-14(2)3)19(12-15)25-4/h6-14H,5H2,1-4H3/b20-13-. The number of methoxy groups -OCH3 is 1. The molecular weight excluding hydrogens is 406 g/mol. The molecule has 1 amide bonds. The summed E-state index contributed by atoms with van der Waals surface area (Å²) in [4.78, 5) is 15.1. The molecule has 29 heavy (non-hydrogen) atoms. The summed E-state index contributed by atoms with van der Waals surface area (Å²) >= 11 is 6.72. The first-order valence-corrected chi connectivity index (χ1v) is 10.5. The largest absolute Gasteiger partial charge is 0.494 e. The molecule has 0 saturated carbocycles. The lowest BCUT2D eigenvalue weighted by atomic mass is 10.1. The van der Waals surface area contributed by atoms with Gasteiger partial charge in [0.25, 0.3) is 5.91 Å². The maximum atomic E-state index is 13.0. The van der Waals surface area contributed by atoms with Crippen LogP contribution in [0.5, 0.6) is 17.2 Å². The smallest absolute Gasteiger partial charge is 0.270 e. The maximum Gasteiger partial charge on any atom is 0.270 e. The normalized spacial score (nSPS) is 15.3. The van der Waals surface area contributed by atoms with Crippen LogP contribution >= 0.6 is 24.0 Å². The van der Waals surface area contributed by atoms with Crippen molar-refractivity contribution in [3.8, 4) is 17.2 Å². The molecule has 5 nitrogen and oxygen atoms in total. The van der Waals surface area contributed by atoms with Gasteiger partial charge in [0.15, 0.2) is 15.8 Å². The van der Waals surface area contributed by atoms with E-state index in [1.54, 1.807) is 7.11 Å². The Hall–Kier alpha value is -2.51. The van der Waals surface area contributed by atoms with Crippen molar-refractivity contribution in [2.24, 2.45) is 0 Å². The van der Waals surface area contributed by atoms with Gasteiger partial charge in [-0.05, 0) is 68.8 Å². The Kier molecular flexibility index (Phi) is 6.82. The van der Waals surface area contributed by atoms with E-state index in [9.17, 15) is 4.79 Å². The molecule has 1 fully saturated rings. The van der Waals surface area contributed by atoms with Crippen molar-refractivity contribution in [1.29, 1.82) is 0 Å². The van der Waals surface area contributed by atoms with Crippen LogP contribution < -0.4 is 19.1 Å². The third kappa shape index (κ3) is 4.92. The minimum Gasteiger partial charge on any atom is -0.494 e. The molecule has 2 aromatic carbocycles. The van der Waals surface area contributed by atoms with Gasteiger partial charge in [0.2, 0.25) is 0 Å². The van der Waals surface area contributed by atoms with Crippen LogP contribution in [0.2, 0.25) is 0 Å². The van der Waals surface area contributed by atoms with Crippen molar-refractivity contribution in [2.75, 3.05) is 18.6 Å². The monoisotopic (exact) mass is 429 g/mol. The second-order valence-electron chi connectivity index (χ2n) is 6.52. The average molecular weight is 430 g/mol. The number of hydrogen-bond acceptors (Lipinski definition) is 6. The molecule has 2 aromatic rings. The van der Waals surface area contributed by atoms with Crippen LogP contribution in [0.25, 0.3) is 6.08 Å². The van der Waals surface area contributed by atoms with Gasteiger partial charge in [-0.1, -0.05) is 30.0 Å². The Balaban J connectivity index is 1.84. The molecule has 0 spiro atoms. The van der Waals surface area contributed by atoms with E-state index in [0.29, 0.717) is 27.3 Å². The van der Waals surface area contributed by atoms with E-state index in [1.807, 2.05) is 69.3 Å². The molecule has 152 valence electrons. The van der Waals surface area contributed by atoms with Gasteiger partial charge in [0.1, 0.15) is 5.75 Å². The van der Waals surface area contributed by atoms with Gasteiger partial charge in [-0.2, -0.15) is 0 Å². The van der Waals surface area contributed by atoms with E-state index in [1.165, 1.54) is 16.7 Å². The molecule has 0 bridgehead atoms. The molecule has 3 rings (SSSR count). The molecule has 0 atom stereocenters. The number of amides is 1. The van der Waals surface area contributed by atoms with Crippen LogP contribution in [0.4, 0.5) is 5.69 Å². The van der Waals surface area contributed by atoms with Crippen LogP contribution in [0.1, 0.15) is 26.3 Å². The third-order valence-corrected chi connectivity index (χ3v) is 5.35. The first kappa shape index (κ1) is 21.2. The molecule has 0 unspecified atom stereocenters. The number of thioether (sulfide) groups is 1. The van der Waals surface area contributed by atoms with Crippen molar-refractivity contribution in [1.82, 2.24) is 0 Å². The van der Waals surface area contributed by atoms with E-state index < -0.39 is 0 Å². The van der Waals surface area contributed by atoms with E-state index in [2.05, 4.69) is 0 Å². The van der Waals surface area contributed by atoms with Crippen molar-refractivity contribution in [3.05, 3.63) is 52.9 Å². The van der Waals surface area contributed by atoms with Crippen LogP contribution in [0.15, 0.2) is 47.4 Å². The van der Waals surface area contributed by atoms with Crippen molar-refractivity contribution < 1.29 is 19.0 Å². The highest BCUT2D eigenvalue weighted by Crippen LogP contribution is 2.37. The van der Waals surface area contributed by atoms with E-state index >= 15 is 0 Å². The number of benzene rings is 2. The lowest BCUT2D eigenvalue weighted by Gasteiger charge is -2.15. The van der Waals surface area contributed by atoms with Crippen LogP contribution in [0.3, 0.4) is 0 Å². The Bertz CT molecular complexity index is 938. The molecule has 1 aliphatic rings. The minimum absolute atomic E-state index is 0.0418. The number of ether oxygens (including phenoxy) is 3. The van der Waals surface area contributed by atoms with Crippen molar-refractivity contribution >= 4 is 46.0 Å². The maximum absolute atomic E-state index is 13.0. The Labute approximate surface area is 180 Å². The van der Waals surface area contributed by atoms with Gasteiger partial charge < -0.3 is 14.2 Å². The van der Waals surface area contributed by atoms with Crippen LogP contribution in [-0.2, 0) is 4.79 Å². The molecule has 0 radical (unpaired) electrons. The Morgan fingerprint density at radius 2 is 1.86 bits per heavy atom. The van der Waals surface area contributed by atoms with Crippen LogP contribution in [0, 0.1) is 0 Å². The summed E-state index contributed by atoms with van der Waals surface area (Å²) in [5, 5.41) is 0. The summed E-state index contributed by atoms with van der Waals surface area (Å²) in [6.45, 7) is 6.43. The number of carbonyl (C=O) groups is 1. The zero-order chi connectivity index (χ0) is 21.0. The fraction of sp³-hybridized carbons (Fsp3) is 0.273. The first-order chi connectivity index (χ1) is 13.9. The molecule has 0 N–H and O–H groups in total. The Morgan fingerprint density at radius 1 is 1.14 bits per heavy atom. The van der Waals surface area contributed by atoms with Crippen molar-refractivity contribution in [2.45, 2.75) is 26.9 Å². The molecule has 0 aromatic heterocycles. The second-order valence-corrected chi connectivity index (χ2v) is 8.20. The topological polar surface area (TPSA) is 48.0 Å². The van der Waals surface area contributed by atoms with Crippen LogP contribution in [-0.4, -0.2) is 30.0 Å². The van der Waals surface area contributed by atoms with Crippen molar-refractivity contribution in [3.63, 3.8) is 0 Å². The number of thiocarbonyl (C=S) groups is 1. The predicted octanol–water partition coefficient (Wildman–Crippen LogP) is 5.29. The van der Waals surface area contributed by atoms with E-state index in [4.69, 9.17) is 26.4 Å². The number of carbonyl (C=O) groups excluding carboxylic acids is 1. The van der Waals surface area contributed by atoms with Gasteiger partial charge in [0.05, 0.1) is 30.4 Å². The highest BCUT2D eigenvalue weighted by molar-refractivity contribution is 8.27. The zero-order valence-electron chi connectivity index (χ0n) is 16.8. The zero-order valence-corrected chi connectivity index (χ0v) is 18.4. The van der Waals surface area contributed by atoms with E-state index in [0.717, 1.165) is 17.0 Å². The molecule has 1 heterocycles. The number of anilines is 1. The average Bonchev–Trinajstić information content (AvgIpc) is 2.97. The molecular formula is C22H23NO4S2. The lowest BCUT2D eigenvalue weighted by Crippen LogP contribution is -2.27. The molecule has 1 saturated heterocycles. The summed E-state index contributed by atoms with van der Waals surface area (Å²) in [5.74, 6) is 1.90. The highest BCUT2D eigenvalue weighted by Gasteiger charge is 2.33. The number of nitrogens with zero attached hydrogens (tertiary/aromatic N) is 1. The molecule has 7 heteroatoms. The summed E-state index contributed by atoms with van der Waals surface area (Å²) in [6, 6.07) is 12.9. The first-order valence-electron chi connectivity index (χ1n) is 9.28. The molecule has 1 aliphatic heterocycles. The summed E-state index contributed by atoms with van der Waals surface area (Å²) in [6.07, 6.45) is 1.86. The number of hydrogen-bond donors (Lipinski definition) is 0. The summed E-state index contributed by atoms with van der Waals surface area (Å²) in [5.41, 5.74) is 1.56. The van der Waals surface area contributed by atoms with E-state index in [-0.39, 0.29) is 12.0 Å². The fourth-order valence-corrected chi connectivity index (χ4v) is 4.12. The van der Waals surface area contributed by atoms with Gasteiger partial charge >= 0.3 is 0 Å². The van der Waals surface area contributed by atoms with Gasteiger partial charge in [-0.3, -0.25) is 9.69 Å². The molecule has 0 aliphatic carbocycles. The Morgan fingerprint density at radius 3 is 2.48 bits per heavy atom. The fourth-order valence-electron chi connectivity index (χ4n) is 2.83. The third-order valence-electron chi connectivity index (χ3n) is 4.05. The van der Waals surface area contributed by atoms with Gasteiger partial charge in [-0.25, -0.2) is 0 Å². The lowest BCUT2D eigenvalue weighted by molar-refractivity contribution is -0.113. The quantitative estimate of drug-likeness (QED) is 0.440. The summed E-state index contributed by atoms with van der Waals surface area (Å²) in [7, 11) is 1.59. The number of rotatable bonds is 7. The van der Waals surface area contributed by atoms with Gasteiger partial charge in [0, 0.05) is 0 Å². The SMILES string of the molecule is CCOc1ccc(N2C(=O)/C(=C/c3ccc(OC(C)C)c(OC)c3)SC2=S)cc1. The minimum atomic E-state index is -0.148. The summed E-state index contributed by atoms with van der Waals surface area (Å²) < 4.78 is 17.1.